The van der Waals surface area contributed by atoms with Crippen LogP contribution in [-0.4, -0.2) is 28.2 Å². The Morgan fingerprint density at radius 1 is 1.24 bits per heavy atom. The number of carbonyl (C=O) groups is 1. The van der Waals surface area contributed by atoms with E-state index in [9.17, 15) is 4.79 Å². The summed E-state index contributed by atoms with van der Waals surface area (Å²) in [6.45, 7) is 0.532. The molecule has 1 atom stereocenters. The summed E-state index contributed by atoms with van der Waals surface area (Å²) in [6, 6.07) is 10.0. The van der Waals surface area contributed by atoms with Crippen LogP contribution in [0.4, 0.5) is 0 Å². The van der Waals surface area contributed by atoms with Gasteiger partial charge in [-0.25, -0.2) is 4.99 Å². The highest BCUT2D eigenvalue weighted by Gasteiger charge is 2.34. The SMILES string of the molecule is O=C1C2C=C(Cl)C=CC2=NC(=S)N1CCc1ccccc1. The first-order valence-corrected chi connectivity index (χ1v) is 7.47. The van der Waals surface area contributed by atoms with E-state index in [0.717, 1.165) is 6.42 Å². The van der Waals surface area contributed by atoms with Gasteiger partial charge in [0.1, 0.15) is 5.92 Å². The molecule has 5 heteroatoms. The van der Waals surface area contributed by atoms with E-state index in [1.807, 2.05) is 30.3 Å². The van der Waals surface area contributed by atoms with Crippen molar-refractivity contribution in [2.45, 2.75) is 6.42 Å². The molecule has 1 amide bonds. The van der Waals surface area contributed by atoms with Crippen LogP contribution in [0.25, 0.3) is 0 Å². The fraction of sp³-hybridized carbons (Fsp3) is 0.188. The van der Waals surface area contributed by atoms with Crippen LogP contribution in [0.5, 0.6) is 0 Å². The number of aliphatic imine (C=N–C) groups is 1. The quantitative estimate of drug-likeness (QED) is 0.803. The standard InChI is InChI=1S/C16H13ClN2OS/c17-12-6-7-14-13(10-12)15(20)19(16(21)18-14)9-8-11-4-2-1-3-5-11/h1-7,10,13H,8-9H2. The molecule has 0 N–H and O–H groups in total. The van der Waals surface area contributed by atoms with Gasteiger partial charge in [-0.3, -0.25) is 9.69 Å². The molecule has 1 aromatic carbocycles. The fourth-order valence-electron chi connectivity index (χ4n) is 2.40. The predicted octanol–water partition coefficient (Wildman–Crippen LogP) is 3.11. The van der Waals surface area contributed by atoms with Crippen molar-refractivity contribution in [1.82, 2.24) is 4.90 Å². The molecule has 1 aromatic rings. The van der Waals surface area contributed by atoms with Gasteiger partial charge >= 0.3 is 0 Å². The fourth-order valence-corrected chi connectivity index (χ4v) is 2.87. The molecule has 3 rings (SSSR count). The molecule has 1 aliphatic carbocycles. The number of allylic oxidation sites excluding steroid dienone is 3. The minimum atomic E-state index is -0.412. The Morgan fingerprint density at radius 3 is 2.76 bits per heavy atom. The average Bonchev–Trinajstić information content (AvgIpc) is 2.49. The molecule has 1 unspecified atom stereocenters. The predicted molar refractivity (Wildman–Crippen MR) is 88.5 cm³/mol. The summed E-state index contributed by atoms with van der Waals surface area (Å²) in [7, 11) is 0. The Hall–Kier alpha value is -1.78. The lowest BCUT2D eigenvalue weighted by Gasteiger charge is -2.30. The Kier molecular flexibility index (Phi) is 3.99. The van der Waals surface area contributed by atoms with Gasteiger partial charge < -0.3 is 0 Å². The summed E-state index contributed by atoms with van der Waals surface area (Å²) in [6.07, 6.45) is 5.95. The smallest absolute Gasteiger partial charge is 0.241 e. The van der Waals surface area contributed by atoms with E-state index >= 15 is 0 Å². The van der Waals surface area contributed by atoms with E-state index < -0.39 is 5.92 Å². The van der Waals surface area contributed by atoms with Crippen molar-refractivity contribution in [2.24, 2.45) is 10.9 Å². The van der Waals surface area contributed by atoms with Gasteiger partial charge in [-0.15, -0.1) is 0 Å². The number of rotatable bonds is 3. The molecule has 1 heterocycles. The van der Waals surface area contributed by atoms with E-state index in [1.165, 1.54) is 5.56 Å². The minimum absolute atomic E-state index is 0.0524. The van der Waals surface area contributed by atoms with Crippen molar-refractivity contribution in [1.29, 1.82) is 0 Å². The molecule has 0 radical (unpaired) electrons. The lowest BCUT2D eigenvalue weighted by molar-refractivity contribution is -0.128. The topological polar surface area (TPSA) is 32.7 Å². The van der Waals surface area contributed by atoms with Crippen molar-refractivity contribution in [3.05, 3.63) is 59.2 Å². The van der Waals surface area contributed by atoms with Crippen molar-refractivity contribution >= 4 is 40.6 Å². The van der Waals surface area contributed by atoms with E-state index in [4.69, 9.17) is 23.8 Å². The molecule has 21 heavy (non-hydrogen) atoms. The van der Waals surface area contributed by atoms with Gasteiger partial charge in [0.05, 0.1) is 5.71 Å². The van der Waals surface area contributed by atoms with Gasteiger partial charge in [0.25, 0.3) is 0 Å². The second-order valence-corrected chi connectivity index (χ2v) is 5.71. The largest absolute Gasteiger partial charge is 0.286 e. The van der Waals surface area contributed by atoms with Gasteiger partial charge in [-0.1, -0.05) is 41.9 Å². The third-order valence-electron chi connectivity index (χ3n) is 3.51. The second-order valence-electron chi connectivity index (χ2n) is 4.91. The Morgan fingerprint density at radius 2 is 2.00 bits per heavy atom. The molecular formula is C16H13ClN2OS. The monoisotopic (exact) mass is 316 g/mol. The van der Waals surface area contributed by atoms with Crippen molar-refractivity contribution in [3.8, 4) is 0 Å². The molecule has 0 bridgehead atoms. The number of thiocarbonyl (C=S) groups is 1. The first kappa shape index (κ1) is 14.2. The normalized spacial score (nSPS) is 21.0. The summed E-state index contributed by atoms with van der Waals surface area (Å²) in [5.74, 6) is -0.464. The molecular weight excluding hydrogens is 304 g/mol. The van der Waals surface area contributed by atoms with Crippen LogP contribution in [0.1, 0.15) is 5.56 Å². The number of hydrogen-bond donors (Lipinski definition) is 0. The van der Waals surface area contributed by atoms with Gasteiger partial charge in [0.2, 0.25) is 11.0 Å². The maximum absolute atomic E-state index is 12.6. The second kappa shape index (κ2) is 5.92. The highest BCUT2D eigenvalue weighted by Crippen LogP contribution is 2.24. The zero-order chi connectivity index (χ0) is 14.8. The van der Waals surface area contributed by atoms with E-state index in [0.29, 0.717) is 22.4 Å². The molecule has 3 nitrogen and oxygen atoms in total. The molecule has 0 spiro atoms. The zero-order valence-electron chi connectivity index (χ0n) is 11.2. The summed E-state index contributed by atoms with van der Waals surface area (Å²) in [4.78, 5) is 18.5. The number of nitrogens with zero attached hydrogens (tertiary/aromatic N) is 2. The lowest BCUT2D eigenvalue weighted by atomic mass is 9.95. The number of benzene rings is 1. The van der Waals surface area contributed by atoms with Crippen molar-refractivity contribution < 1.29 is 4.79 Å². The summed E-state index contributed by atoms with van der Waals surface area (Å²) in [5, 5.41) is 0.890. The number of carbonyl (C=O) groups excluding carboxylic acids is 1. The Bertz CT molecular complexity index is 679. The van der Waals surface area contributed by atoms with Crippen LogP contribution in [0.15, 0.2) is 58.6 Å². The molecule has 0 fully saturated rings. The van der Waals surface area contributed by atoms with Crippen LogP contribution in [0.3, 0.4) is 0 Å². The third-order valence-corrected chi connectivity index (χ3v) is 4.08. The molecule has 0 saturated heterocycles. The first-order chi connectivity index (χ1) is 10.1. The molecule has 0 aromatic heterocycles. The van der Waals surface area contributed by atoms with E-state index in [2.05, 4.69) is 4.99 Å². The van der Waals surface area contributed by atoms with Crippen LogP contribution < -0.4 is 0 Å². The number of amides is 1. The maximum atomic E-state index is 12.6. The maximum Gasteiger partial charge on any atom is 0.241 e. The summed E-state index contributed by atoms with van der Waals surface area (Å²) >= 11 is 11.2. The highest BCUT2D eigenvalue weighted by atomic mass is 35.5. The number of fused-ring (bicyclic) bond motifs is 1. The first-order valence-electron chi connectivity index (χ1n) is 6.68. The van der Waals surface area contributed by atoms with Gasteiger partial charge in [-0.2, -0.15) is 0 Å². The zero-order valence-corrected chi connectivity index (χ0v) is 12.8. The van der Waals surface area contributed by atoms with Crippen LogP contribution in [0.2, 0.25) is 0 Å². The van der Waals surface area contributed by atoms with Crippen LogP contribution in [0, 0.1) is 5.92 Å². The minimum Gasteiger partial charge on any atom is -0.286 e. The molecule has 1 aliphatic heterocycles. The summed E-state index contributed by atoms with van der Waals surface area (Å²) in [5.41, 5.74) is 1.84. The van der Waals surface area contributed by atoms with Crippen molar-refractivity contribution in [2.75, 3.05) is 6.54 Å². The Labute approximate surface area is 133 Å². The number of halogens is 1. The molecule has 0 saturated carbocycles. The molecule has 2 aliphatic rings. The Balaban J connectivity index is 1.78. The molecule has 106 valence electrons. The number of hydrogen-bond acceptors (Lipinski definition) is 2. The van der Waals surface area contributed by atoms with E-state index in [-0.39, 0.29) is 5.91 Å². The van der Waals surface area contributed by atoms with Gasteiger partial charge in [-0.05, 0) is 42.4 Å². The lowest BCUT2D eigenvalue weighted by Crippen LogP contribution is -2.46. The van der Waals surface area contributed by atoms with Crippen molar-refractivity contribution in [3.63, 3.8) is 0 Å². The summed E-state index contributed by atoms with van der Waals surface area (Å²) < 4.78 is 0. The van der Waals surface area contributed by atoms with E-state index in [1.54, 1.807) is 23.1 Å². The van der Waals surface area contributed by atoms with Crippen LogP contribution in [-0.2, 0) is 11.2 Å². The van der Waals surface area contributed by atoms with Gasteiger partial charge in [0.15, 0.2) is 0 Å². The van der Waals surface area contributed by atoms with Crippen LogP contribution >= 0.6 is 23.8 Å². The highest BCUT2D eigenvalue weighted by molar-refractivity contribution is 7.80. The average molecular weight is 317 g/mol. The van der Waals surface area contributed by atoms with Gasteiger partial charge in [0, 0.05) is 11.6 Å². The third kappa shape index (κ3) is 2.96.